The molecule has 0 spiro atoms. The van der Waals surface area contributed by atoms with Gasteiger partial charge in [0.25, 0.3) is 5.91 Å². The van der Waals surface area contributed by atoms with Gasteiger partial charge in [0, 0.05) is 17.3 Å². The molecule has 0 aliphatic carbocycles. The number of halogens is 2. The van der Waals surface area contributed by atoms with E-state index in [1.165, 1.54) is 11.0 Å². The molecule has 3 rings (SSSR count). The van der Waals surface area contributed by atoms with Crippen LogP contribution in [0.25, 0.3) is 0 Å². The second-order valence-corrected chi connectivity index (χ2v) is 4.89. The van der Waals surface area contributed by atoms with E-state index in [0.717, 1.165) is 17.7 Å². The minimum atomic E-state index is -0.980. The molecule has 1 aliphatic heterocycles. The number of ether oxygens (including phenoxy) is 1. The summed E-state index contributed by atoms with van der Waals surface area (Å²) in [5.74, 6) is -1.59. The van der Waals surface area contributed by atoms with E-state index in [-0.39, 0.29) is 12.5 Å². The maximum absolute atomic E-state index is 13.4. The van der Waals surface area contributed by atoms with Crippen molar-refractivity contribution in [3.8, 4) is 5.75 Å². The maximum atomic E-state index is 13.4. The van der Waals surface area contributed by atoms with Gasteiger partial charge in [-0.3, -0.25) is 4.79 Å². The molecule has 5 heteroatoms. The number of hydrogen-bond acceptors (Lipinski definition) is 2. The first-order valence-corrected chi connectivity index (χ1v) is 6.57. The predicted molar refractivity (Wildman–Crippen MR) is 74.1 cm³/mol. The highest BCUT2D eigenvalue weighted by atomic mass is 19.2. The molecule has 1 atom stereocenters. The smallest absolute Gasteiger partial charge is 0.268 e. The van der Waals surface area contributed by atoms with Crippen LogP contribution in [-0.2, 0) is 11.3 Å². The molecule has 1 heterocycles. The second-order valence-electron chi connectivity index (χ2n) is 4.89. The molecule has 108 valence electrons. The molecule has 0 saturated heterocycles. The molecule has 0 saturated carbocycles. The molecule has 0 radical (unpaired) electrons. The predicted octanol–water partition coefficient (Wildman–Crippen LogP) is 3.28. The number of anilines is 1. The van der Waals surface area contributed by atoms with Gasteiger partial charge in [0.15, 0.2) is 17.7 Å². The summed E-state index contributed by atoms with van der Waals surface area (Å²) >= 11 is 0. The summed E-state index contributed by atoms with van der Waals surface area (Å²) in [6.07, 6.45) is -0.693. The number of carbonyl (C=O) groups is 1. The third-order valence-corrected chi connectivity index (χ3v) is 3.43. The maximum Gasteiger partial charge on any atom is 0.268 e. The van der Waals surface area contributed by atoms with Gasteiger partial charge < -0.3 is 9.64 Å². The van der Waals surface area contributed by atoms with Crippen molar-refractivity contribution in [1.82, 2.24) is 0 Å². The summed E-state index contributed by atoms with van der Waals surface area (Å²) in [4.78, 5) is 13.8. The van der Waals surface area contributed by atoms with E-state index in [2.05, 4.69) is 0 Å². The summed E-state index contributed by atoms with van der Waals surface area (Å²) in [6, 6.07) is 10.7. The Labute approximate surface area is 120 Å². The fourth-order valence-electron chi connectivity index (χ4n) is 2.33. The number of nitrogens with zero attached hydrogens (tertiary/aromatic N) is 1. The molecular formula is C16H13F2NO2. The number of carbonyl (C=O) groups excluding carboxylic acids is 1. The first-order valence-electron chi connectivity index (χ1n) is 6.57. The lowest BCUT2D eigenvalue weighted by Gasteiger charge is -2.22. The first kappa shape index (κ1) is 13.5. The number of para-hydroxylation sites is 1. The van der Waals surface area contributed by atoms with Crippen LogP contribution in [-0.4, -0.2) is 12.0 Å². The number of fused-ring (bicyclic) bond motifs is 1. The number of hydrogen-bond donors (Lipinski definition) is 0. The fraction of sp³-hybridized carbons (Fsp3) is 0.188. The van der Waals surface area contributed by atoms with Crippen molar-refractivity contribution in [2.75, 3.05) is 4.90 Å². The number of benzene rings is 2. The molecule has 0 fully saturated rings. The molecule has 3 nitrogen and oxygen atoms in total. The summed E-state index contributed by atoms with van der Waals surface area (Å²) in [7, 11) is 0. The summed E-state index contributed by atoms with van der Waals surface area (Å²) < 4.78 is 32.1. The Bertz CT molecular complexity index is 702. The minimum Gasteiger partial charge on any atom is -0.481 e. The molecule has 2 aromatic rings. The van der Waals surface area contributed by atoms with Crippen LogP contribution in [0.5, 0.6) is 5.75 Å². The van der Waals surface area contributed by atoms with Crippen LogP contribution >= 0.6 is 0 Å². The zero-order valence-corrected chi connectivity index (χ0v) is 11.3. The Kier molecular flexibility index (Phi) is 3.33. The summed E-state index contributed by atoms with van der Waals surface area (Å²) in [5, 5.41) is 0. The SMILES string of the molecule is C[C@@H]1Oc2ccccc2CN(c2ccc(F)c(F)c2)C1=O. The quantitative estimate of drug-likeness (QED) is 0.806. The van der Waals surface area contributed by atoms with Crippen LogP contribution in [0.15, 0.2) is 42.5 Å². The third kappa shape index (κ3) is 2.46. The van der Waals surface area contributed by atoms with E-state index < -0.39 is 17.7 Å². The lowest BCUT2D eigenvalue weighted by Crippen LogP contribution is -2.38. The second kappa shape index (κ2) is 5.16. The normalized spacial score (nSPS) is 18.0. The molecule has 0 unspecified atom stereocenters. The monoisotopic (exact) mass is 289 g/mol. The highest BCUT2D eigenvalue weighted by Crippen LogP contribution is 2.29. The Morgan fingerprint density at radius 1 is 1.14 bits per heavy atom. The molecule has 2 aromatic carbocycles. The van der Waals surface area contributed by atoms with Crippen LogP contribution in [0.4, 0.5) is 14.5 Å². The average molecular weight is 289 g/mol. The van der Waals surface area contributed by atoms with Crippen LogP contribution < -0.4 is 9.64 Å². The van der Waals surface area contributed by atoms with E-state index >= 15 is 0 Å². The van der Waals surface area contributed by atoms with Gasteiger partial charge in [0.2, 0.25) is 0 Å². The van der Waals surface area contributed by atoms with E-state index in [4.69, 9.17) is 4.74 Å². The molecule has 1 amide bonds. The van der Waals surface area contributed by atoms with Crippen molar-refractivity contribution < 1.29 is 18.3 Å². The van der Waals surface area contributed by atoms with Crippen LogP contribution in [0.1, 0.15) is 12.5 Å². The van der Waals surface area contributed by atoms with Gasteiger partial charge in [-0.25, -0.2) is 8.78 Å². The fourth-order valence-corrected chi connectivity index (χ4v) is 2.33. The van der Waals surface area contributed by atoms with Crippen molar-refractivity contribution in [2.45, 2.75) is 19.6 Å². The van der Waals surface area contributed by atoms with Crippen molar-refractivity contribution in [2.24, 2.45) is 0 Å². The molecule has 21 heavy (non-hydrogen) atoms. The largest absolute Gasteiger partial charge is 0.481 e. The lowest BCUT2D eigenvalue weighted by molar-refractivity contribution is -0.124. The van der Waals surface area contributed by atoms with Crippen molar-refractivity contribution in [3.63, 3.8) is 0 Å². The van der Waals surface area contributed by atoms with Crippen molar-refractivity contribution in [3.05, 3.63) is 59.7 Å². The van der Waals surface area contributed by atoms with Gasteiger partial charge in [-0.2, -0.15) is 0 Å². The van der Waals surface area contributed by atoms with Gasteiger partial charge in [-0.05, 0) is 25.1 Å². The van der Waals surface area contributed by atoms with Gasteiger partial charge in [-0.1, -0.05) is 18.2 Å². The van der Waals surface area contributed by atoms with Crippen LogP contribution in [0.2, 0.25) is 0 Å². The van der Waals surface area contributed by atoms with Gasteiger partial charge in [0.1, 0.15) is 5.75 Å². The van der Waals surface area contributed by atoms with Gasteiger partial charge in [0.05, 0.1) is 6.54 Å². The third-order valence-electron chi connectivity index (χ3n) is 3.43. The van der Waals surface area contributed by atoms with Gasteiger partial charge in [-0.15, -0.1) is 0 Å². The number of amides is 1. The molecule has 0 aromatic heterocycles. The van der Waals surface area contributed by atoms with E-state index in [1.54, 1.807) is 13.0 Å². The summed E-state index contributed by atoms with van der Waals surface area (Å²) in [6.45, 7) is 1.89. The Hall–Kier alpha value is -2.43. The topological polar surface area (TPSA) is 29.5 Å². The van der Waals surface area contributed by atoms with Crippen LogP contribution in [0, 0.1) is 11.6 Å². The minimum absolute atomic E-state index is 0.254. The Morgan fingerprint density at radius 2 is 1.90 bits per heavy atom. The molecule has 0 bridgehead atoms. The highest BCUT2D eigenvalue weighted by molar-refractivity contribution is 5.97. The van der Waals surface area contributed by atoms with Gasteiger partial charge >= 0.3 is 0 Å². The van der Waals surface area contributed by atoms with Crippen LogP contribution in [0.3, 0.4) is 0 Å². The summed E-state index contributed by atoms with van der Waals surface area (Å²) in [5.41, 5.74) is 1.13. The average Bonchev–Trinajstić information content (AvgIpc) is 2.60. The first-order chi connectivity index (χ1) is 10.1. The molecule has 1 aliphatic rings. The zero-order valence-electron chi connectivity index (χ0n) is 11.3. The number of rotatable bonds is 1. The highest BCUT2D eigenvalue weighted by Gasteiger charge is 2.29. The van der Waals surface area contributed by atoms with Crippen molar-refractivity contribution >= 4 is 11.6 Å². The Balaban J connectivity index is 2.04. The van der Waals surface area contributed by atoms with E-state index in [9.17, 15) is 13.6 Å². The lowest BCUT2D eigenvalue weighted by atomic mass is 10.1. The molecular weight excluding hydrogens is 276 g/mol. The molecule has 0 N–H and O–H groups in total. The zero-order chi connectivity index (χ0) is 15.0. The van der Waals surface area contributed by atoms with E-state index in [1.807, 2.05) is 18.2 Å². The standard InChI is InChI=1S/C16H13F2NO2/c1-10-16(20)19(12-6-7-13(17)14(18)8-12)9-11-4-2-3-5-15(11)21-10/h2-8,10H,9H2,1H3/t10-/m0/s1. The van der Waals surface area contributed by atoms with E-state index in [0.29, 0.717) is 11.4 Å². The van der Waals surface area contributed by atoms with Crippen molar-refractivity contribution in [1.29, 1.82) is 0 Å². The Morgan fingerprint density at radius 3 is 2.67 bits per heavy atom.